The molecule has 4 nitrogen and oxygen atoms in total. The molecule has 1 atom stereocenters. The molecule has 1 aliphatic rings. The largest absolute Gasteiger partial charge is 0.507 e. The fourth-order valence-electron chi connectivity index (χ4n) is 2.55. The maximum absolute atomic E-state index is 11.9. The predicted octanol–water partition coefficient (Wildman–Crippen LogP) is 3.43. The number of phenols is 1. The summed E-state index contributed by atoms with van der Waals surface area (Å²) < 4.78 is 0. The molecule has 1 heterocycles. The van der Waals surface area contributed by atoms with Gasteiger partial charge in [-0.1, -0.05) is 53.3 Å². The van der Waals surface area contributed by atoms with E-state index >= 15 is 0 Å². The molecule has 0 saturated carbocycles. The Balaban J connectivity index is 2.61. The third-order valence-corrected chi connectivity index (χ3v) is 4.73. The first-order chi connectivity index (χ1) is 10.4. The van der Waals surface area contributed by atoms with Crippen molar-refractivity contribution in [2.75, 3.05) is 0 Å². The van der Waals surface area contributed by atoms with Crippen molar-refractivity contribution in [3.8, 4) is 5.75 Å². The van der Waals surface area contributed by atoms with Gasteiger partial charge in [0.15, 0.2) is 0 Å². The van der Waals surface area contributed by atoms with Gasteiger partial charge in [0.2, 0.25) is 0 Å². The molecule has 5 heteroatoms. The second-order valence-electron chi connectivity index (χ2n) is 7.99. The summed E-state index contributed by atoms with van der Waals surface area (Å²) in [6.07, 6.45) is 1.84. The Morgan fingerprint density at radius 2 is 1.61 bits per heavy atom. The van der Waals surface area contributed by atoms with Crippen LogP contribution < -0.4 is 11.1 Å². The number of carbonyl (C=O) groups excluding carboxylic acids is 1. The van der Waals surface area contributed by atoms with E-state index < -0.39 is 5.50 Å². The lowest BCUT2D eigenvalue weighted by Gasteiger charge is -2.28. The Morgan fingerprint density at radius 1 is 1.13 bits per heavy atom. The highest BCUT2D eigenvalue weighted by atomic mass is 32.2. The summed E-state index contributed by atoms with van der Waals surface area (Å²) in [5, 5.41) is 13.4. The number of hydrogen-bond donors (Lipinski definition) is 3. The number of hydrogen-bond acceptors (Lipinski definition) is 4. The van der Waals surface area contributed by atoms with E-state index in [2.05, 4.69) is 46.9 Å². The van der Waals surface area contributed by atoms with Gasteiger partial charge in [0.25, 0.3) is 5.91 Å². The number of aromatic hydroxyl groups is 1. The van der Waals surface area contributed by atoms with E-state index in [4.69, 9.17) is 5.73 Å². The van der Waals surface area contributed by atoms with Crippen LogP contribution in [-0.4, -0.2) is 16.5 Å². The molecule has 23 heavy (non-hydrogen) atoms. The fourth-order valence-corrected chi connectivity index (χ4v) is 3.36. The lowest BCUT2D eigenvalue weighted by Crippen LogP contribution is -2.31. The number of benzene rings is 1. The van der Waals surface area contributed by atoms with Crippen LogP contribution >= 0.6 is 11.8 Å². The summed E-state index contributed by atoms with van der Waals surface area (Å²) in [5.74, 6) is 0.192. The predicted molar refractivity (Wildman–Crippen MR) is 97.2 cm³/mol. The molecule has 0 aliphatic carbocycles. The molecule has 0 aromatic heterocycles. The smallest absolute Gasteiger partial charge is 0.259 e. The van der Waals surface area contributed by atoms with Gasteiger partial charge in [0, 0.05) is 11.1 Å². The summed E-state index contributed by atoms with van der Waals surface area (Å²) in [6.45, 7) is 12.4. The maximum Gasteiger partial charge on any atom is 0.259 e. The van der Waals surface area contributed by atoms with Crippen LogP contribution in [0.4, 0.5) is 0 Å². The Hall–Kier alpha value is -1.46. The van der Waals surface area contributed by atoms with Crippen molar-refractivity contribution in [2.45, 2.75) is 57.9 Å². The van der Waals surface area contributed by atoms with Gasteiger partial charge < -0.3 is 16.2 Å². The van der Waals surface area contributed by atoms with Crippen LogP contribution in [0.15, 0.2) is 17.0 Å². The third kappa shape index (κ3) is 3.90. The average Bonchev–Trinajstić information content (AvgIpc) is 2.67. The van der Waals surface area contributed by atoms with E-state index in [1.165, 1.54) is 11.8 Å². The molecule has 1 amide bonds. The summed E-state index contributed by atoms with van der Waals surface area (Å²) in [6, 6.07) is 3.91. The van der Waals surface area contributed by atoms with Crippen molar-refractivity contribution in [1.29, 1.82) is 0 Å². The normalized spacial score (nSPS) is 20.9. The Kier molecular flexibility index (Phi) is 4.57. The first kappa shape index (κ1) is 17.9. The zero-order valence-corrected chi connectivity index (χ0v) is 15.5. The number of phenolic OH excluding ortho intramolecular Hbond substituents is 1. The number of nitrogens with one attached hydrogen (secondary N) is 1. The highest BCUT2D eigenvalue weighted by Gasteiger charge is 2.28. The highest BCUT2D eigenvalue weighted by Crippen LogP contribution is 2.40. The molecule has 2 rings (SSSR count). The summed E-state index contributed by atoms with van der Waals surface area (Å²) in [7, 11) is 0. The molecule has 0 spiro atoms. The van der Waals surface area contributed by atoms with E-state index in [0.29, 0.717) is 10.7 Å². The molecular formula is C18H26N2O2S. The summed E-state index contributed by atoms with van der Waals surface area (Å²) in [5.41, 5.74) is 7.62. The minimum atomic E-state index is -0.393. The monoisotopic (exact) mass is 334 g/mol. The minimum Gasteiger partial charge on any atom is -0.507 e. The first-order valence-corrected chi connectivity index (χ1v) is 8.60. The van der Waals surface area contributed by atoms with Gasteiger partial charge in [-0.3, -0.25) is 4.79 Å². The number of rotatable bonds is 1. The van der Waals surface area contributed by atoms with E-state index in [-0.39, 0.29) is 16.7 Å². The second-order valence-corrected chi connectivity index (χ2v) is 9.17. The molecule has 1 saturated heterocycles. The van der Waals surface area contributed by atoms with Gasteiger partial charge in [-0.05, 0) is 34.6 Å². The zero-order valence-electron chi connectivity index (χ0n) is 14.7. The van der Waals surface area contributed by atoms with E-state index in [0.717, 1.165) is 16.7 Å². The van der Waals surface area contributed by atoms with Crippen LogP contribution in [0.25, 0.3) is 6.08 Å². The molecule has 126 valence electrons. The van der Waals surface area contributed by atoms with E-state index in [1.54, 1.807) is 0 Å². The van der Waals surface area contributed by atoms with Crippen molar-refractivity contribution in [3.05, 3.63) is 33.7 Å². The molecular weight excluding hydrogens is 308 g/mol. The van der Waals surface area contributed by atoms with Crippen LogP contribution in [0, 0.1) is 0 Å². The number of nitrogens with two attached hydrogens (primary N) is 1. The minimum absolute atomic E-state index is 0.148. The van der Waals surface area contributed by atoms with Gasteiger partial charge in [0.1, 0.15) is 11.2 Å². The van der Waals surface area contributed by atoms with Gasteiger partial charge in [0.05, 0.1) is 4.91 Å². The Labute approximate surface area is 142 Å². The van der Waals surface area contributed by atoms with Crippen molar-refractivity contribution in [3.63, 3.8) is 0 Å². The zero-order chi connectivity index (χ0) is 17.6. The topological polar surface area (TPSA) is 75.3 Å². The first-order valence-electron chi connectivity index (χ1n) is 7.72. The highest BCUT2D eigenvalue weighted by molar-refractivity contribution is 8.05. The molecule has 1 unspecified atom stereocenters. The SMILES string of the molecule is CC(C)(C)c1cc(C=C2SC(N)NC2=O)cc(C(C)(C)C)c1O. The molecule has 1 aromatic carbocycles. The Bertz CT molecular complexity index is 632. The second kappa shape index (κ2) is 5.87. The van der Waals surface area contributed by atoms with Crippen LogP contribution in [-0.2, 0) is 15.6 Å². The van der Waals surface area contributed by atoms with Crippen LogP contribution in [0.2, 0.25) is 0 Å². The van der Waals surface area contributed by atoms with Crippen LogP contribution in [0.3, 0.4) is 0 Å². The molecule has 1 fully saturated rings. The summed E-state index contributed by atoms with van der Waals surface area (Å²) in [4.78, 5) is 12.5. The number of thioether (sulfide) groups is 1. The quantitative estimate of drug-likeness (QED) is 0.688. The standard InChI is InChI=1S/C18H26N2O2S/c1-17(2,3)11-7-10(8-12(14(11)21)18(4,5)6)9-13-15(22)20-16(19)23-13/h7-9,16,21H,19H2,1-6H3,(H,20,22). The molecule has 0 bridgehead atoms. The molecule has 1 aromatic rings. The third-order valence-electron chi connectivity index (χ3n) is 3.80. The van der Waals surface area contributed by atoms with Crippen molar-refractivity contribution in [2.24, 2.45) is 5.73 Å². The van der Waals surface area contributed by atoms with E-state index in [9.17, 15) is 9.90 Å². The van der Waals surface area contributed by atoms with Gasteiger partial charge in [-0.25, -0.2) is 0 Å². The van der Waals surface area contributed by atoms with Crippen molar-refractivity contribution in [1.82, 2.24) is 5.32 Å². The van der Waals surface area contributed by atoms with Gasteiger partial charge in [-0.2, -0.15) is 0 Å². The Morgan fingerprint density at radius 3 is 1.96 bits per heavy atom. The van der Waals surface area contributed by atoms with Gasteiger partial charge >= 0.3 is 0 Å². The number of amides is 1. The molecule has 4 N–H and O–H groups in total. The van der Waals surface area contributed by atoms with Crippen LogP contribution in [0.5, 0.6) is 5.75 Å². The van der Waals surface area contributed by atoms with Crippen molar-refractivity contribution >= 4 is 23.7 Å². The lowest BCUT2D eigenvalue weighted by atomic mass is 9.78. The van der Waals surface area contributed by atoms with Gasteiger partial charge in [-0.15, -0.1) is 0 Å². The maximum atomic E-state index is 11.9. The summed E-state index contributed by atoms with van der Waals surface area (Å²) >= 11 is 1.32. The van der Waals surface area contributed by atoms with E-state index in [1.807, 2.05) is 18.2 Å². The lowest BCUT2D eigenvalue weighted by molar-refractivity contribution is -0.116. The fraction of sp³-hybridized carbons (Fsp3) is 0.500. The average molecular weight is 334 g/mol. The molecule has 0 radical (unpaired) electrons. The van der Waals surface area contributed by atoms with Crippen LogP contribution in [0.1, 0.15) is 58.2 Å². The number of carbonyl (C=O) groups is 1. The van der Waals surface area contributed by atoms with Crippen molar-refractivity contribution < 1.29 is 9.90 Å². The molecule has 1 aliphatic heterocycles.